The van der Waals surface area contributed by atoms with Crippen molar-refractivity contribution < 1.29 is 4.79 Å². The first-order valence-electron chi connectivity index (χ1n) is 8.85. The summed E-state index contributed by atoms with van der Waals surface area (Å²) in [6, 6.07) is 7.86. The Hall–Kier alpha value is -2.28. The summed E-state index contributed by atoms with van der Waals surface area (Å²) in [6.07, 6.45) is 7.44. The standard InChI is InChI=1S/C19H20BrN5O/c1-13-5-4-6-16(11-13)25-22-18(21-23-25)17-7-2-3-10-24(17)19(26)14-8-9-15(20)12-14/h4-6,8-9,11,17H,2-3,7,10,12H2,1H3. The lowest BCUT2D eigenvalue weighted by Crippen LogP contribution is -2.39. The molecule has 4 rings (SSSR count). The summed E-state index contributed by atoms with van der Waals surface area (Å²) < 4.78 is 1.04. The summed E-state index contributed by atoms with van der Waals surface area (Å²) in [7, 11) is 0. The monoisotopic (exact) mass is 413 g/mol. The number of aromatic nitrogens is 4. The van der Waals surface area contributed by atoms with Crippen LogP contribution in [0.4, 0.5) is 0 Å². The molecule has 2 aromatic rings. The summed E-state index contributed by atoms with van der Waals surface area (Å²) in [5, 5.41) is 13.1. The van der Waals surface area contributed by atoms with E-state index in [0.29, 0.717) is 12.2 Å². The predicted molar refractivity (Wildman–Crippen MR) is 102 cm³/mol. The molecule has 2 heterocycles. The Kier molecular flexibility index (Phi) is 4.72. The number of carbonyl (C=O) groups is 1. The van der Waals surface area contributed by atoms with E-state index in [1.165, 1.54) is 0 Å². The Morgan fingerprint density at radius 2 is 2.15 bits per heavy atom. The number of hydrogen-bond acceptors (Lipinski definition) is 4. The van der Waals surface area contributed by atoms with Crippen LogP contribution < -0.4 is 0 Å². The number of hydrogen-bond donors (Lipinski definition) is 0. The number of carbonyl (C=O) groups excluding carboxylic acids is 1. The zero-order chi connectivity index (χ0) is 18.1. The largest absolute Gasteiger partial charge is 0.329 e. The average Bonchev–Trinajstić information content (AvgIpc) is 3.30. The molecule has 0 spiro atoms. The first kappa shape index (κ1) is 17.1. The van der Waals surface area contributed by atoms with Gasteiger partial charge < -0.3 is 4.90 Å². The van der Waals surface area contributed by atoms with Crippen molar-refractivity contribution >= 4 is 21.8 Å². The molecule has 0 bridgehead atoms. The van der Waals surface area contributed by atoms with Gasteiger partial charge in [0.1, 0.15) is 0 Å². The van der Waals surface area contributed by atoms with E-state index in [2.05, 4.69) is 31.3 Å². The number of piperidine rings is 1. The van der Waals surface area contributed by atoms with Gasteiger partial charge >= 0.3 is 0 Å². The van der Waals surface area contributed by atoms with Crippen LogP contribution in [-0.4, -0.2) is 37.6 Å². The summed E-state index contributed by atoms with van der Waals surface area (Å²) in [6.45, 7) is 2.77. The third kappa shape index (κ3) is 3.35. The second-order valence-electron chi connectivity index (χ2n) is 6.77. The molecule has 26 heavy (non-hydrogen) atoms. The van der Waals surface area contributed by atoms with E-state index in [1.54, 1.807) is 4.80 Å². The van der Waals surface area contributed by atoms with Gasteiger partial charge in [0.2, 0.25) is 0 Å². The van der Waals surface area contributed by atoms with Crippen LogP contribution >= 0.6 is 15.9 Å². The van der Waals surface area contributed by atoms with E-state index >= 15 is 0 Å². The molecule has 6 nitrogen and oxygen atoms in total. The first-order valence-corrected chi connectivity index (χ1v) is 9.64. The molecule has 1 atom stereocenters. The fourth-order valence-electron chi connectivity index (χ4n) is 3.49. The van der Waals surface area contributed by atoms with Gasteiger partial charge in [0.25, 0.3) is 5.91 Å². The Bertz CT molecular complexity index is 901. The third-order valence-electron chi connectivity index (χ3n) is 4.82. The minimum Gasteiger partial charge on any atom is -0.329 e. The molecule has 0 radical (unpaired) electrons. The molecule has 1 aliphatic heterocycles. The lowest BCUT2D eigenvalue weighted by atomic mass is 10.00. The summed E-state index contributed by atoms with van der Waals surface area (Å²) in [4.78, 5) is 16.4. The van der Waals surface area contributed by atoms with Crippen LogP contribution in [0.2, 0.25) is 0 Å². The van der Waals surface area contributed by atoms with Gasteiger partial charge in [-0.25, -0.2) is 0 Å². The molecule has 1 unspecified atom stereocenters. The zero-order valence-electron chi connectivity index (χ0n) is 14.6. The van der Waals surface area contributed by atoms with Crippen molar-refractivity contribution in [3.8, 4) is 5.69 Å². The smallest absolute Gasteiger partial charge is 0.250 e. The van der Waals surface area contributed by atoms with E-state index in [0.717, 1.165) is 47.1 Å². The fraction of sp³-hybridized carbons (Fsp3) is 0.368. The van der Waals surface area contributed by atoms with E-state index in [-0.39, 0.29) is 11.9 Å². The van der Waals surface area contributed by atoms with Gasteiger partial charge in [0.15, 0.2) is 5.82 Å². The SMILES string of the molecule is Cc1cccc(-n2nnc(C3CCCCN3C(=O)C3=CC=C(Br)C3)n2)c1. The van der Waals surface area contributed by atoms with E-state index < -0.39 is 0 Å². The number of benzene rings is 1. The van der Waals surface area contributed by atoms with Crippen LogP contribution in [0.5, 0.6) is 0 Å². The van der Waals surface area contributed by atoms with Crippen LogP contribution in [-0.2, 0) is 4.79 Å². The number of nitrogens with zero attached hydrogens (tertiary/aromatic N) is 5. The van der Waals surface area contributed by atoms with Crippen LogP contribution in [0.1, 0.15) is 43.1 Å². The molecule has 7 heteroatoms. The maximum Gasteiger partial charge on any atom is 0.250 e. The van der Waals surface area contributed by atoms with Gasteiger partial charge in [-0.05, 0) is 53.6 Å². The van der Waals surface area contributed by atoms with Crippen molar-refractivity contribution in [1.82, 2.24) is 25.1 Å². The van der Waals surface area contributed by atoms with Gasteiger partial charge in [-0.1, -0.05) is 40.2 Å². The van der Waals surface area contributed by atoms with E-state index in [4.69, 9.17) is 0 Å². The molecular formula is C19H20BrN5O. The highest BCUT2D eigenvalue weighted by Gasteiger charge is 2.33. The highest BCUT2D eigenvalue weighted by atomic mass is 79.9. The second-order valence-corrected chi connectivity index (χ2v) is 7.79. The normalized spacial score (nSPS) is 20.1. The first-order chi connectivity index (χ1) is 12.6. The Morgan fingerprint density at radius 3 is 2.92 bits per heavy atom. The molecule has 0 saturated carbocycles. The summed E-state index contributed by atoms with van der Waals surface area (Å²) in [5.74, 6) is 0.692. The number of rotatable bonds is 3. The van der Waals surface area contributed by atoms with Crippen molar-refractivity contribution in [2.45, 2.75) is 38.6 Å². The van der Waals surface area contributed by atoms with Crippen LogP contribution in [0, 0.1) is 6.92 Å². The highest BCUT2D eigenvalue weighted by Crippen LogP contribution is 2.33. The Labute approximate surface area is 160 Å². The molecule has 1 fully saturated rings. The number of aryl methyl sites for hydroxylation is 1. The maximum absolute atomic E-state index is 13.0. The number of amides is 1. The van der Waals surface area contributed by atoms with Crippen molar-refractivity contribution in [2.24, 2.45) is 0 Å². The quantitative estimate of drug-likeness (QED) is 0.770. The molecule has 2 aliphatic rings. The lowest BCUT2D eigenvalue weighted by molar-refractivity contribution is -0.131. The van der Waals surface area contributed by atoms with Crippen molar-refractivity contribution in [3.63, 3.8) is 0 Å². The topological polar surface area (TPSA) is 63.9 Å². The molecule has 1 amide bonds. The molecule has 1 aromatic carbocycles. The van der Waals surface area contributed by atoms with Gasteiger partial charge in [-0.3, -0.25) is 4.79 Å². The number of allylic oxidation sites excluding steroid dienone is 3. The van der Waals surface area contributed by atoms with Gasteiger partial charge in [0.05, 0.1) is 11.7 Å². The minimum absolute atomic E-state index is 0.0762. The van der Waals surface area contributed by atoms with Crippen LogP contribution in [0.3, 0.4) is 0 Å². The van der Waals surface area contributed by atoms with E-state index in [1.807, 2.05) is 48.2 Å². The Morgan fingerprint density at radius 1 is 1.27 bits per heavy atom. The summed E-state index contributed by atoms with van der Waals surface area (Å²) >= 11 is 3.47. The number of likely N-dealkylation sites (tertiary alicyclic amines) is 1. The molecule has 134 valence electrons. The molecule has 1 aliphatic carbocycles. The van der Waals surface area contributed by atoms with Crippen LogP contribution in [0.15, 0.2) is 46.5 Å². The highest BCUT2D eigenvalue weighted by molar-refractivity contribution is 9.11. The van der Waals surface area contributed by atoms with Gasteiger partial charge in [-0.15, -0.1) is 15.0 Å². The van der Waals surface area contributed by atoms with Gasteiger partial charge in [-0.2, -0.15) is 0 Å². The van der Waals surface area contributed by atoms with Crippen molar-refractivity contribution in [3.05, 3.63) is 57.9 Å². The minimum atomic E-state index is -0.116. The zero-order valence-corrected chi connectivity index (χ0v) is 16.2. The third-order valence-corrected chi connectivity index (χ3v) is 5.37. The van der Waals surface area contributed by atoms with Crippen LogP contribution in [0.25, 0.3) is 5.69 Å². The Balaban J connectivity index is 1.58. The molecule has 0 N–H and O–H groups in total. The lowest BCUT2D eigenvalue weighted by Gasteiger charge is -2.34. The van der Waals surface area contributed by atoms with Crippen molar-refractivity contribution in [1.29, 1.82) is 0 Å². The summed E-state index contributed by atoms with van der Waals surface area (Å²) in [5.41, 5.74) is 2.83. The van der Waals surface area contributed by atoms with Crippen molar-refractivity contribution in [2.75, 3.05) is 6.54 Å². The second kappa shape index (κ2) is 7.15. The fourth-order valence-corrected chi connectivity index (χ4v) is 3.92. The predicted octanol–water partition coefficient (Wildman–Crippen LogP) is 3.63. The maximum atomic E-state index is 13.0. The van der Waals surface area contributed by atoms with Gasteiger partial charge in [0, 0.05) is 18.5 Å². The van der Waals surface area contributed by atoms with E-state index in [9.17, 15) is 4.79 Å². The average molecular weight is 414 g/mol. The number of tetrazole rings is 1. The molecule has 1 saturated heterocycles. The molecular weight excluding hydrogens is 394 g/mol. The number of halogens is 1. The molecule has 1 aromatic heterocycles.